The number of rotatable bonds is 2. The molecule has 1 nitrogen and oxygen atoms in total. The molecule has 0 radical (unpaired) electrons. The SMILES string of the molecule is CC1C(Br)=C(Nc2ccc3c(c2)C(C)(C)C(C)(C)C3(C)C)C=C2C1C(C)(C)C(C)(C)C2(C)C. The fraction of sp³-hybridized carbons (Fsp3) is 0.677. The Morgan fingerprint density at radius 2 is 1.27 bits per heavy atom. The monoisotopic (exact) mass is 511 g/mol. The van der Waals surface area contributed by atoms with Crippen molar-refractivity contribution in [1.29, 1.82) is 0 Å². The molecule has 1 saturated carbocycles. The molecule has 33 heavy (non-hydrogen) atoms. The molecule has 3 aliphatic carbocycles. The first-order valence-electron chi connectivity index (χ1n) is 12.8. The van der Waals surface area contributed by atoms with Crippen molar-refractivity contribution in [3.63, 3.8) is 0 Å². The van der Waals surface area contributed by atoms with E-state index in [1.54, 1.807) is 5.57 Å². The van der Waals surface area contributed by atoms with E-state index in [1.165, 1.54) is 27.0 Å². The zero-order valence-corrected chi connectivity index (χ0v) is 24.9. The van der Waals surface area contributed by atoms with Crippen LogP contribution in [0.3, 0.4) is 0 Å². The van der Waals surface area contributed by atoms with Crippen LogP contribution in [-0.4, -0.2) is 0 Å². The zero-order chi connectivity index (χ0) is 25.2. The Morgan fingerprint density at radius 1 is 0.727 bits per heavy atom. The van der Waals surface area contributed by atoms with Crippen molar-refractivity contribution in [1.82, 2.24) is 0 Å². The molecule has 4 rings (SSSR count). The van der Waals surface area contributed by atoms with Crippen LogP contribution in [0.25, 0.3) is 0 Å². The number of anilines is 1. The summed E-state index contributed by atoms with van der Waals surface area (Å²) in [5, 5.41) is 3.84. The second kappa shape index (κ2) is 6.80. The van der Waals surface area contributed by atoms with Gasteiger partial charge in [0.25, 0.3) is 0 Å². The highest BCUT2D eigenvalue weighted by Gasteiger charge is 2.63. The van der Waals surface area contributed by atoms with Gasteiger partial charge in [0.15, 0.2) is 0 Å². The van der Waals surface area contributed by atoms with Crippen LogP contribution in [0.1, 0.15) is 101 Å². The van der Waals surface area contributed by atoms with Gasteiger partial charge in [-0.1, -0.05) is 118 Å². The normalized spacial score (nSPS) is 31.6. The minimum absolute atomic E-state index is 0.111. The van der Waals surface area contributed by atoms with Crippen molar-refractivity contribution < 1.29 is 0 Å². The van der Waals surface area contributed by atoms with Gasteiger partial charge in [0.2, 0.25) is 0 Å². The van der Waals surface area contributed by atoms with E-state index in [1.807, 2.05) is 0 Å². The molecule has 182 valence electrons. The number of fused-ring (bicyclic) bond motifs is 2. The van der Waals surface area contributed by atoms with E-state index >= 15 is 0 Å². The smallest absolute Gasteiger partial charge is 0.0489 e. The van der Waals surface area contributed by atoms with E-state index < -0.39 is 0 Å². The van der Waals surface area contributed by atoms with E-state index in [0.29, 0.717) is 11.8 Å². The highest BCUT2D eigenvalue weighted by molar-refractivity contribution is 9.11. The molecule has 0 amide bonds. The molecule has 2 unspecified atom stereocenters. The van der Waals surface area contributed by atoms with Crippen LogP contribution in [0.4, 0.5) is 5.69 Å². The van der Waals surface area contributed by atoms with Crippen molar-refractivity contribution in [2.75, 3.05) is 5.32 Å². The average molecular weight is 513 g/mol. The Balaban J connectivity index is 1.78. The Labute approximate surface area is 212 Å². The third-order valence-corrected chi connectivity index (χ3v) is 13.4. The lowest BCUT2D eigenvalue weighted by Gasteiger charge is -2.45. The van der Waals surface area contributed by atoms with Crippen LogP contribution in [0, 0.1) is 33.5 Å². The van der Waals surface area contributed by atoms with E-state index in [9.17, 15) is 0 Å². The van der Waals surface area contributed by atoms with Gasteiger partial charge in [-0.25, -0.2) is 0 Å². The molecule has 0 heterocycles. The molecule has 0 aromatic heterocycles. The topological polar surface area (TPSA) is 12.0 Å². The Hall–Kier alpha value is -1.02. The van der Waals surface area contributed by atoms with Gasteiger partial charge in [0, 0.05) is 15.9 Å². The zero-order valence-electron chi connectivity index (χ0n) is 23.3. The van der Waals surface area contributed by atoms with Crippen molar-refractivity contribution >= 4 is 21.6 Å². The highest BCUT2D eigenvalue weighted by Crippen LogP contribution is 2.71. The van der Waals surface area contributed by atoms with E-state index in [4.69, 9.17) is 0 Å². The number of allylic oxidation sites excluding steroid dienone is 3. The molecule has 0 bridgehead atoms. The lowest BCUT2D eigenvalue weighted by atomic mass is 9.59. The van der Waals surface area contributed by atoms with Gasteiger partial charge in [-0.05, 0) is 73.7 Å². The van der Waals surface area contributed by atoms with Gasteiger partial charge in [0.1, 0.15) is 0 Å². The lowest BCUT2D eigenvalue weighted by Crippen LogP contribution is -2.42. The third kappa shape index (κ3) is 2.82. The van der Waals surface area contributed by atoms with Crippen LogP contribution in [-0.2, 0) is 10.8 Å². The Kier molecular flexibility index (Phi) is 5.17. The van der Waals surface area contributed by atoms with Crippen LogP contribution in [0.5, 0.6) is 0 Å². The highest BCUT2D eigenvalue weighted by atomic mass is 79.9. The number of hydrogen-bond acceptors (Lipinski definition) is 1. The Bertz CT molecular complexity index is 1070. The molecule has 0 spiro atoms. The van der Waals surface area contributed by atoms with Crippen molar-refractivity contribution in [3.8, 4) is 0 Å². The fourth-order valence-corrected chi connectivity index (χ4v) is 7.98. The minimum atomic E-state index is 0.111. The maximum absolute atomic E-state index is 4.03. The number of hydrogen-bond donors (Lipinski definition) is 1. The molecule has 1 fully saturated rings. The first-order valence-corrected chi connectivity index (χ1v) is 13.6. The molecule has 1 aromatic carbocycles. The summed E-state index contributed by atoms with van der Waals surface area (Å²) >= 11 is 4.03. The average Bonchev–Trinajstić information content (AvgIpc) is 2.86. The number of benzene rings is 1. The largest absolute Gasteiger partial charge is 0.355 e. The second-order valence-corrected chi connectivity index (χ2v) is 15.2. The summed E-state index contributed by atoms with van der Waals surface area (Å²) in [6.07, 6.45) is 2.47. The Morgan fingerprint density at radius 3 is 1.85 bits per heavy atom. The number of halogens is 1. The summed E-state index contributed by atoms with van der Waals surface area (Å²) in [5.41, 5.74) is 8.00. The summed E-state index contributed by atoms with van der Waals surface area (Å²) in [4.78, 5) is 0. The van der Waals surface area contributed by atoms with Crippen LogP contribution >= 0.6 is 15.9 Å². The van der Waals surface area contributed by atoms with Gasteiger partial charge in [0.05, 0.1) is 0 Å². The summed E-state index contributed by atoms with van der Waals surface area (Å²) in [6, 6.07) is 7.08. The summed E-state index contributed by atoms with van der Waals surface area (Å²) in [6.45, 7) is 31.7. The standard InChI is InChI=1S/C31H46BrN/c1-18-24-22(28(6,7)31(12,13)29(24,8)9)17-23(25(18)32)33-19-14-15-20-21(16-19)27(4,5)30(10,11)26(20,2)3/h14-18,24,33H,1-13H3. The van der Waals surface area contributed by atoms with Gasteiger partial charge in [-0.3, -0.25) is 0 Å². The third-order valence-electron chi connectivity index (χ3n) is 12.2. The first-order chi connectivity index (χ1) is 14.7. The van der Waals surface area contributed by atoms with E-state index in [0.717, 1.165) is 0 Å². The van der Waals surface area contributed by atoms with Gasteiger partial charge < -0.3 is 5.32 Å². The second-order valence-electron chi connectivity index (χ2n) is 14.4. The molecular formula is C31H46BrN. The molecule has 1 aromatic rings. The van der Waals surface area contributed by atoms with Crippen LogP contribution < -0.4 is 5.32 Å². The number of nitrogens with one attached hydrogen (secondary N) is 1. The summed E-state index contributed by atoms with van der Waals surface area (Å²) in [7, 11) is 0. The van der Waals surface area contributed by atoms with E-state index in [2.05, 4.69) is 136 Å². The van der Waals surface area contributed by atoms with Gasteiger partial charge in [-0.15, -0.1) is 0 Å². The molecule has 0 saturated heterocycles. The van der Waals surface area contributed by atoms with Crippen LogP contribution in [0.15, 0.2) is 40.0 Å². The quantitative estimate of drug-likeness (QED) is 0.416. The molecule has 2 heteroatoms. The first kappa shape index (κ1) is 25.1. The molecule has 3 aliphatic rings. The van der Waals surface area contributed by atoms with Crippen molar-refractivity contribution in [2.24, 2.45) is 33.5 Å². The van der Waals surface area contributed by atoms with E-state index in [-0.39, 0.29) is 32.5 Å². The molecular weight excluding hydrogens is 466 g/mol. The van der Waals surface area contributed by atoms with Crippen molar-refractivity contribution in [3.05, 3.63) is 51.2 Å². The van der Waals surface area contributed by atoms with Crippen molar-refractivity contribution in [2.45, 2.75) is 101 Å². The lowest BCUT2D eigenvalue weighted by molar-refractivity contribution is 0.0322. The molecule has 1 N–H and O–H groups in total. The predicted octanol–water partition coefficient (Wildman–Crippen LogP) is 9.58. The maximum Gasteiger partial charge on any atom is 0.0489 e. The molecule has 0 aliphatic heterocycles. The molecule has 2 atom stereocenters. The minimum Gasteiger partial charge on any atom is -0.355 e. The summed E-state index contributed by atoms with van der Waals surface area (Å²) in [5.74, 6) is 0.996. The predicted molar refractivity (Wildman–Crippen MR) is 148 cm³/mol. The summed E-state index contributed by atoms with van der Waals surface area (Å²) < 4.78 is 1.30. The maximum atomic E-state index is 4.03. The van der Waals surface area contributed by atoms with Gasteiger partial charge >= 0.3 is 0 Å². The van der Waals surface area contributed by atoms with Crippen LogP contribution in [0.2, 0.25) is 0 Å². The van der Waals surface area contributed by atoms with Gasteiger partial charge in [-0.2, -0.15) is 0 Å². The fourth-order valence-electron chi connectivity index (χ4n) is 7.50.